The van der Waals surface area contributed by atoms with Crippen LogP contribution in [0.4, 0.5) is 0 Å². The van der Waals surface area contributed by atoms with E-state index in [1.54, 1.807) is 18.2 Å². The molecule has 2 heterocycles. The Morgan fingerprint density at radius 3 is 2.50 bits per heavy atom. The largest absolute Gasteiger partial charge is 0.452 e. The number of benzene rings is 2. The quantitative estimate of drug-likeness (QED) is 0.392. The van der Waals surface area contributed by atoms with Gasteiger partial charge in [-0.25, -0.2) is 4.79 Å². The Morgan fingerprint density at radius 2 is 1.71 bits per heavy atom. The lowest BCUT2D eigenvalue weighted by atomic mass is 10.00. The van der Waals surface area contributed by atoms with Gasteiger partial charge in [0.1, 0.15) is 0 Å². The molecule has 140 valence electrons. The molecule has 0 unspecified atom stereocenters. The molecule has 0 atom stereocenters. The van der Waals surface area contributed by atoms with Crippen molar-refractivity contribution in [1.29, 1.82) is 0 Å². The third kappa shape index (κ3) is 4.20. The second kappa shape index (κ2) is 8.22. The summed E-state index contributed by atoms with van der Waals surface area (Å²) in [7, 11) is 0. The predicted octanol–water partition coefficient (Wildman–Crippen LogP) is 5.04. The number of rotatable bonds is 6. The molecule has 0 saturated heterocycles. The van der Waals surface area contributed by atoms with Crippen molar-refractivity contribution in [2.24, 2.45) is 0 Å². The molecule has 2 aromatic carbocycles. The summed E-state index contributed by atoms with van der Waals surface area (Å²) >= 11 is 3.22. The average molecular weight is 439 g/mol. The zero-order valence-electron chi connectivity index (χ0n) is 14.7. The molecule has 6 nitrogen and oxygen atoms in total. The molecule has 0 radical (unpaired) electrons. The molecule has 0 saturated carbocycles. The van der Waals surface area contributed by atoms with Crippen molar-refractivity contribution >= 4 is 21.9 Å². The molecule has 0 spiro atoms. The van der Waals surface area contributed by atoms with Gasteiger partial charge in [-0.15, -0.1) is 10.2 Å². The van der Waals surface area contributed by atoms with Gasteiger partial charge in [0.05, 0.1) is 5.56 Å². The number of hydrogen-bond donors (Lipinski definition) is 0. The summed E-state index contributed by atoms with van der Waals surface area (Å²) in [6, 6.07) is 20.8. The maximum atomic E-state index is 12.6. The molecule has 4 rings (SSSR count). The highest BCUT2D eigenvalue weighted by molar-refractivity contribution is 9.10. The van der Waals surface area contributed by atoms with E-state index < -0.39 is 5.97 Å². The van der Waals surface area contributed by atoms with E-state index >= 15 is 0 Å². The van der Waals surface area contributed by atoms with Crippen LogP contribution in [0.25, 0.3) is 11.7 Å². The van der Waals surface area contributed by atoms with Crippen molar-refractivity contribution < 1.29 is 18.4 Å². The van der Waals surface area contributed by atoms with Crippen LogP contribution in [0.5, 0.6) is 0 Å². The molecule has 0 fully saturated rings. The fourth-order valence-corrected chi connectivity index (χ4v) is 3.04. The molecule has 0 aliphatic carbocycles. The molecule has 0 amide bonds. The first-order valence-electron chi connectivity index (χ1n) is 8.56. The Morgan fingerprint density at radius 1 is 0.929 bits per heavy atom. The number of carbonyl (C=O) groups is 1. The van der Waals surface area contributed by atoms with Crippen LogP contribution in [0.15, 0.2) is 80.2 Å². The van der Waals surface area contributed by atoms with Crippen molar-refractivity contribution in [2.45, 2.75) is 13.0 Å². The van der Waals surface area contributed by atoms with E-state index in [4.69, 9.17) is 13.6 Å². The van der Waals surface area contributed by atoms with Crippen LogP contribution in [0.3, 0.4) is 0 Å². The molecular weight excluding hydrogens is 424 g/mol. The van der Waals surface area contributed by atoms with Gasteiger partial charge < -0.3 is 13.6 Å². The SMILES string of the molecule is O=C(OCc1nnc(-c2ccc(Br)o2)o1)c1ccccc1Cc1ccccc1. The zero-order valence-corrected chi connectivity index (χ0v) is 16.3. The fraction of sp³-hybridized carbons (Fsp3) is 0.0952. The fourth-order valence-electron chi connectivity index (χ4n) is 2.74. The number of hydrogen-bond acceptors (Lipinski definition) is 6. The number of furan rings is 1. The summed E-state index contributed by atoms with van der Waals surface area (Å²) in [5.41, 5.74) is 2.53. The lowest BCUT2D eigenvalue weighted by Gasteiger charge is -2.09. The third-order valence-electron chi connectivity index (χ3n) is 4.05. The van der Waals surface area contributed by atoms with Gasteiger partial charge >= 0.3 is 5.97 Å². The van der Waals surface area contributed by atoms with Crippen LogP contribution >= 0.6 is 15.9 Å². The van der Waals surface area contributed by atoms with E-state index in [9.17, 15) is 4.79 Å². The van der Waals surface area contributed by atoms with Gasteiger partial charge in [-0.2, -0.15) is 0 Å². The zero-order chi connectivity index (χ0) is 19.3. The molecule has 0 bridgehead atoms. The van der Waals surface area contributed by atoms with E-state index in [1.165, 1.54) is 0 Å². The van der Waals surface area contributed by atoms with Crippen LogP contribution in [0, 0.1) is 0 Å². The minimum absolute atomic E-state index is 0.118. The molecule has 7 heteroatoms. The van der Waals surface area contributed by atoms with Crippen LogP contribution in [-0.4, -0.2) is 16.2 Å². The van der Waals surface area contributed by atoms with E-state index in [2.05, 4.69) is 26.1 Å². The van der Waals surface area contributed by atoms with Gasteiger partial charge in [0.2, 0.25) is 0 Å². The second-order valence-electron chi connectivity index (χ2n) is 6.00. The highest BCUT2D eigenvalue weighted by Crippen LogP contribution is 2.24. The van der Waals surface area contributed by atoms with Crippen LogP contribution in [-0.2, 0) is 17.8 Å². The standard InChI is InChI=1S/C21H15BrN2O4/c22-18-11-10-17(27-18)20-24-23-19(28-20)13-26-21(25)16-9-5-4-8-15(16)12-14-6-2-1-3-7-14/h1-11H,12-13H2. The highest BCUT2D eigenvalue weighted by Gasteiger charge is 2.16. The van der Waals surface area contributed by atoms with Crippen molar-refractivity contribution in [1.82, 2.24) is 10.2 Å². The van der Waals surface area contributed by atoms with E-state index in [1.807, 2.05) is 48.5 Å². The van der Waals surface area contributed by atoms with Gasteiger partial charge in [-0.1, -0.05) is 48.5 Å². The van der Waals surface area contributed by atoms with E-state index in [0.717, 1.165) is 11.1 Å². The lowest BCUT2D eigenvalue weighted by Crippen LogP contribution is -2.09. The Labute approximate surface area is 169 Å². The minimum atomic E-state index is -0.438. The molecule has 2 aromatic heterocycles. The third-order valence-corrected chi connectivity index (χ3v) is 4.48. The summed E-state index contributed by atoms with van der Waals surface area (Å²) in [6.45, 7) is -0.118. The topological polar surface area (TPSA) is 78.4 Å². The van der Waals surface area contributed by atoms with Gasteiger partial charge in [0.15, 0.2) is 17.0 Å². The first-order chi connectivity index (χ1) is 13.7. The maximum Gasteiger partial charge on any atom is 0.338 e. The molecular formula is C21H15BrN2O4. The monoisotopic (exact) mass is 438 g/mol. The number of ether oxygens (including phenoxy) is 1. The maximum absolute atomic E-state index is 12.6. The molecule has 0 aliphatic rings. The van der Waals surface area contributed by atoms with Crippen molar-refractivity contribution in [3.05, 3.63) is 94.0 Å². The summed E-state index contributed by atoms with van der Waals surface area (Å²) in [6.07, 6.45) is 0.643. The average Bonchev–Trinajstić information content (AvgIpc) is 3.36. The first kappa shape index (κ1) is 18.2. The first-order valence-corrected chi connectivity index (χ1v) is 9.35. The normalized spacial score (nSPS) is 10.8. The summed E-state index contributed by atoms with van der Waals surface area (Å²) in [4.78, 5) is 12.6. The van der Waals surface area contributed by atoms with Crippen LogP contribution in [0.2, 0.25) is 0 Å². The number of halogens is 1. The predicted molar refractivity (Wildman–Crippen MR) is 105 cm³/mol. The van der Waals surface area contributed by atoms with Gasteiger partial charge in [-0.05, 0) is 51.7 Å². The smallest absolute Gasteiger partial charge is 0.338 e. The van der Waals surface area contributed by atoms with Gasteiger partial charge in [-0.3, -0.25) is 0 Å². The lowest BCUT2D eigenvalue weighted by molar-refractivity contribution is 0.0437. The number of esters is 1. The van der Waals surface area contributed by atoms with Crippen molar-refractivity contribution in [3.63, 3.8) is 0 Å². The highest BCUT2D eigenvalue weighted by atomic mass is 79.9. The van der Waals surface area contributed by atoms with E-state index in [0.29, 0.717) is 22.4 Å². The van der Waals surface area contributed by atoms with Crippen LogP contribution < -0.4 is 0 Å². The number of carbonyl (C=O) groups excluding carboxylic acids is 1. The molecule has 0 aliphatic heterocycles. The van der Waals surface area contributed by atoms with Gasteiger partial charge in [0.25, 0.3) is 11.8 Å². The second-order valence-corrected chi connectivity index (χ2v) is 6.78. The van der Waals surface area contributed by atoms with E-state index in [-0.39, 0.29) is 18.4 Å². The number of nitrogens with zero attached hydrogens (tertiary/aromatic N) is 2. The summed E-state index contributed by atoms with van der Waals surface area (Å²) < 4.78 is 16.8. The minimum Gasteiger partial charge on any atom is -0.452 e. The van der Waals surface area contributed by atoms with Gasteiger partial charge in [0, 0.05) is 0 Å². The number of aromatic nitrogens is 2. The molecule has 0 N–H and O–H groups in total. The molecule has 4 aromatic rings. The Hall–Kier alpha value is -3.19. The van der Waals surface area contributed by atoms with Crippen LogP contribution in [0.1, 0.15) is 27.4 Å². The molecule has 28 heavy (non-hydrogen) atoms. The summed E-state index contributed by atoms with van der Waals surface area (Å²) in [5.74, 6) is 0.412. The Bertz CT molecular complexity index is 1090. The van der Waals surface area contributed by atoms with Crippen molar-refractivity contribution in [3.8, 4) is 11.7 Å². The van der Waals surface area contributed by atoms with Crippen molar-refractivity contribution in [2.75, 3.05) is 0 Å². The Kier molecular flexibility index (Phi) is 5.34. The summed E-state index contributed by atoms with van der Waals surface area (Å²) in [5, 5.41) is 7.79. The Balaban J connectivity index is 1.44.